The first kappa shape index (κ1) is 15.6. The van der Waals surface area contributed by atoms with Gasteiger partial charge in [0.25, 0.3) is 0 Å². The number of nitrogens with zero attached hydrogens (tertiary/aromatic N) is 2. The molecule has 0 aliphatic heterocycles. The summed E-state index contributed by atoms with van der Waals surface area (Å²) in [5, 5.41) is 12.8. The van der Waals surface area contributed by atoms with Crippen molar-refractivity contribution in [2.24, 2.45) is 0 Å². The van der Waals surface area contributed by atoms with Crippen molar-refractivity contribution in [3.63, 3.8) is 0 Å². The van der Waals surface area contributed by atoms with Crippen LogP contribution in [-0.4, -0.2) is 33.4 Å². The SMILES string of the molecule is CNC(=O)CSc1ncc(CO)n1Cc1ccc(C)cc1. The van der Waals surface area contributed by atoms with Gasteiger partial charge in [0.2, 0.25) is 5.91 Å². The molecule has 5 nitrogen and oxygen atoms in total. The Balaban J connectivity index is 2.17. The number of benzene rings is 1. The molecular weight excluding hydrogens is 286 g/mol. The van der Waals surface area contributed by atoms with Crippen molar-refractivity contribution in [3.05, 3.63) is 47.3 Å². The number of carbonyl (C=O) groups is 1. The van der Waals surface area contributed by atoms with Crippen LogP contribution in [-0.2, 0) is 17.9 Å². The van der Waals surface area contributed by atoms with E-state index in [-0.39, 0.29) is 12.5 Å². The van der Waals surface area contributed by atoms with Gasteiger partial charge in [-0.2, -0.15) is 0 Å². The van der Waals surface area contributed by atoms with Crippen LogP contribution in [0, 0.1) is 6.92 Å². The maximum Gasteiger partial charge on any atom is 0.230 e. The van der Waals surface area contributed by atoms with Gasteiger partial charge in [-0.05, 0) is 12.5 Å². The number of hydrogen-bond donors (Lipinski definition) is 2. The summed E-state index contributed by atoms with van der Waals surface area (Å²) in [5.74, 6) is 0.266. The number of aliphatic hydroxyl groups excluding tert-OH is 1. The summed E-state index contributed by atoms with van der Waals surface area (Å²) in [6.07, 6.45) is 1.65. The molecule has 0 fully saturated rings. The Morgan fingerprint density at radius 1 is 1.38 bits per heavy atom. The molecule has 0 spiro atoms. The zero-order chi connectivity index (χ0) is 15.2. The topological polar surface area (TPSA) is 67.2 Å². The minimum Gasteiger partial charge on any atom is -0.390 e. The van der Waals surface area contributed by atoms with Crippen molar-refractivity contribution in [1.29, 1.82) is 0 Å². The number of rotatable bonds is 6. The minimum absolute atomic E-state index is 0.0459. The molecule has 0 radical (unpaired) electrons. The van der Waals surface area contributed by atoms with E-state index in [1.54, 1.807) is 13.2 Å². The molecule has 0 unspecified atom stereocenters. The normalized spacial score (nSPS) is 10.6. The molecule has 0 saturated heterocycles. The highest BCUT2D eigenvalue weighted by molar-refractivity contribution is 7.99. The second-order valence-corrected chi connectivity index (χ2v) is 5.67. The molecule has 2 aromatic rings. The van der Waals surface area contributed by atoms with Gasteiger partial charge >= 0.3 is 0 Å². The van der Waals surface area contributed by atoms with Crippen LogP contribution in [0.1, 0.15) is 16.8 Å². The number of amides is 1. The van der Waals surface area contributed by atoms with E-state index in [1.807, 2.05) is 11.5 Å². The number of carbonyl (C=O) groups excluding carboxylic acids is 1. The van der Waals surface area contributed by atoms with Crippen LogP contribution in [0.25, 0.3) is 0 Å². The number of aryl methyl sites for hydroxylation is 1. The Morgan fingerprint density at radius 3 is 2.71 bits per heavy atom. The molecule has 1 heterocycles. The average Bonchev–Trinajstić information content (AvgIpc) is 2.89. The number of hydrogen-bond acceptors (Lipinski definition) is 4. The molecule has 1 aromatic heterocycles. The van der Waals surface area contributed by atoms with Gasteiger partial charge in [0.1, 0.15) is 0 Å². The van der Waals surface area contributed by atoms with Crippen molar-refractivity contribution >= 4 is 17.7 Å². The second-order valence-electron chi connectivity index (χ2n) is 4.72. The van der Waals surface area contributed by atoms with Gasteiger partial charge in [0, 0.05) is 13.6 Å². The predicted octanol–water partition coefficient (Wildman–Crippen LogP) is 1.57. The summed E-state index contributed by atoms with van der Waals surface area (Å²) in [6, 6.07) is 8.23. The standard InChI is InChI=1S/C15H19N3O2S/c1-11-3-5-12(6-4-11)8-18-13(9-19)7-17-15(18)21-10-14(20)16-2/h3-7,19H,8-10H2,1-2H3,(H,16,20). The highest BCUT2D eigenvalue weighted by atomic mass is 32.2. The van der Waals surface area contributed by atoms with E-state index in [2.05, 4.69) is 34.6 Å². The maximum absolute atomic E-state index is 11.4. The van der Waals surface area contributed by atoms with Crippen molar-refractivity contribution in [2.45, 2.75) is 25.2 Å². The lowest BCUT2D eigenvalue weighted by Gasteiger charge is -2.11. The van der Waals surface area contributed by atoms with Gasteiger partial charge in [0.15, 0.2) is 5.16 Å². The van der Waals surface area contributed by atoms with Gasteiger partial charge in [-0.25, -0.2) is 4.98 Å². The molecule has 6 heteroatoms. The monoisotopic (exact) mass is 305 g/mol. The Hall–Kier alpha value is -1.79. The zero-order valence-electron chi connectivity index (χ0n) is 12.2. The number of imidazole rings is 1. The number of aliphatic hydroxyl groups is 1. The number of thioether (sulfide) groups is 1. The largest absolute Gasteiger partial charge is 0.390 e. The van der Waals surface area contributed by atoms with E-state index in [9.17, 15) is 9.90 Å². The molecule has 0 aliphatic carbocycles. The van der Waals surface area contributed by atoms with Gasteiger partial charge < -0.3 is 15.0 Å². The summed E-state index contributed by atoms with van der Waals surface area (Å²) in [5.41, 5.74) is 3.09. The van der Waals surface area contributed by atoms with Crippen molar-refractivity contribution in [2.75, 3.05) is 12.8 Å². The van der Waals surface area contributed by atoms with E-state index >= 15 is 0 Å². The lowest BCUT2D eigenvalue weighted by atomic mass is 10.1. The van der Waals surface area contributed by atoms with Crippen LogP contribution in [0.5, 0.6) is 0 Å². The fraction of sp³-hybridized carbons (Fsp3) is 0.333. The first-order valence-electron chi connectivity index (χ1n) is 6.68. The van der Waals surface area contributed by atoms with Crippen LogP contribution < -0.4 is 5.32 Å². The third kappa shape index (κ3) is 4.09. The molecule has 2 N–H and O–H groups in total. The van der Waals surface area contributed by atoms with E-state index in [0.29, 0.717) is 12.3 Å². The quantitative estimate of drug-likeness (QED) is 0.795. The Bertz CT molecular complexity index is 608. The average molecular weight is 305 g/mol. The lowest BCUT2D eigenvalue weighted by molar-refractivity contribution is -0.118. The number of nitrogens with one attached hydrogen (secondary N) is 1. The summed E-state index contributed by atoms with van der Waals surface area (Å²) < 4.78 is 1.94. The third-order valence-electron chi connectivity index (χ3n) is 3.14. The minimum atomic E-state index is -0.0700. The zero-order valence-corrected chi connectivity index (χ0v) is 13.0. The second kappa shape index (κ2) is 7.28. The Kier molecular flexibility index (Phi) is 5.41. The molecule has 21 heavy (non-hydrogen) atoms. The number of aromatic nitrogens is 2. The maximum atomic E-state index is 11.4. The van der Waals surface area contributed by atoms with Crippen molar-refractivity contribution in [3.8, 4) is 0 Å². The van der Waals surface area contributed by atoms with E-state index in [1.165, 1.54) is 17.3 Å². The molecule has 0 atom stereocenters. The molecule has 1 amide bonds. The van der Waals surface area contributed by atoms with E-state index in [0.717, 1.165) is 16.4 Å². The molecule has 1 aromatic carbocycles. The summed E-state index contributed by atoms with van der Waals surface area (Å²) >= 11 is 1.37. The molecule has 2 rings (SSSR count). The van der Waals surface area contributed by atoms with E-state index < -0.39 is 0 Å². The van der Waals surface area contributed by atoms with Gasteiger partial charge in [-0.15, -0.1) is 0 Å². The molecule has 0 aliphatic rings. The predicted molar refractivity (Wildman–Crippen MR) is 83.2 cm³/mol. The molecule has 0 bridgehead atoms. The highest BCUT2D eigenvalue weighted by Crippen LogP contribution is 2.20. The van der Waals surface area contributed by atoms with Crippen LogP contribution >= 0.6 is 11.8 Å². The molecular formula is C15H19N3O2S. The fourth-order valence-electron chi connectivity index (χ4n) is 1.88. The van der Waals surface area contributed by atoms with Crippen LogP contribution in [0.3, 0.4) is 0 Å². The fourth-order valence-corrected chi connectivity index (χ4v) is 2.75. The molecule has 112 valence electrons. The first-order valence-corrected chi connectivity index (χ1v) is 7.66. The Labute approximate surface area is 128 Å². The molecule has 0 saturated carbocycles. The van der Waals surface area contributed by atoms with Crippen LogP contribution in [0.2, 0.25) is 0 Å². The van der Waals surface area contributed by atoms with Gasteiger partial charge in [-0.3, -0.25) is 4.79 Å². The third-order valence-corrected chi connectivity index (χ3v) is 4.13. The lowest BCUT2D eigenvalue weighted by Crippen LogP contribution is -2.20. The highest BCUT2D eigenvalue weighted by Gasteiger charge is 2.12. The van der Waals surface area contributed by atoms with Crippen molar-refractivity contribution < 1.29 is 9.90 Å². The van der Waals surface area contributed by atoms with Crippen LogP contribution in [0.4, 0.5) is 0 Å². The first-order chi connectivity index (χ1) is 10.1. The summed E-state index contributed by atoms with van der Waals surface area (Å²) in [7, 11) is 1.61. The van der Waals surface area contributed by atoms with Gasteiger partial charge in [-0.1, -0.05) is 41.6 Å². The van der Waals surface area contributed by atoms with Crippen molar-refractivity contribution in [1.82, 2.24) is 14.9 Å². The van der Waals surface area contributed by atoms with Crippen LogP contribution in [0.15, 0.2) is 35.6 Å². The Morgan fingerprint density at radius 2 is 2.10 bits per heavy atom. The summed E-state index contributed by atoms with van der Waals surface area (Å²) in [6.45, 7) is 2.61. The summed E-state index contributed by atoms with van der Waals surface area (Å²) in [4.78, 5) is 15.6. The smallest absolute Gasteiger partial charge is 0.230 e. The van der Waals surface area contributed by atoms with E-state index in [4.69, 9.17) is 0 Å². The van der Waals surface area contributed by atoms with Gasteiger partial charge in [0.05, 0.1) is 24.3 Å².